The first-order chi connectivity index (χ1) is 7.58. The van der Waals surface area contributed by atoms with Crippen LogP contribution in [-0.4, -0.2) is 21.3 Å². The lowest BCUT2D eigenvalue weighted by Crippen LogP contribution is -2.40. The summed E-state index contributed by atoms with van der Waals surface area (Å²) in [5.41, 5.74) is 2.23. The Morgan fingerprint density at radius 1 is 1.24 bits per heavy atom. The molecule has 0 aromatic rings. The molecule has 2 atom stereocenters. The Kier molecular flexibility index (Phi) is 6.67. The van der Waals surface area contributed by atoms with Gasteiger partial charge < -0.3 is 8.85 Å². The highest BCUT2D eigenvalue weighted by molar-refractivity contribution is 6.71. The predicted molar refractivity (Wildman–Crippen MR) is 77.2 cm³/mol. The molecule has 0 N–H and O–H groups in total. The third kappa shape index (κ3) is 8.58. The molecule has 0 aliphatic carbocycles. The molecule has 0 aromatic heterocycles. The normalized spacial score (nSPS) is 17.9. The molecule has 0 bridgehead atoms. The van der Waals surface area contributed by atoms with E-state index in [1.165, 1.54) is 0 Å². The summed E-state index contributed by atoms with van der Waals surface area (Å²) in [5, 5.41) is 0. The molecule has 0 amide bonds. The second-order valence-corrected chi connectivity index (χ2v) is 9.53. The summed E-state index contributed by atoms with van der Waals surface area (Å²) >= 11 is 0. The van der Waals surface area contributed by atoms with E-state index in [0.29, 0.717) is 11.3 Å². The molecule has 0 rings (SSSR count). The molecular formula is C14H30O2Si. The molecule has 0 aliphatic rings. The molecule has 2 nitrogen and oxygen atoms in total. The highest BCUT2D eigenvalue weighted by Gasteiger charge is 2.30. The van der Waals surface area contributed by atoms with E-state index in [1.54, 1.807) is 0 Å². The smallest absolute Gasteiger partial charge is 0.361 e. The van der Waals surface area contributed by atoms with Gasteiger partial charge in [-0.3, -0.25) is 0 Å². The molecule has 0 heterocycles. The molecule has 0 spiro atoms. The Labute approximate surface area is 109 Å². The van der Waals surface area contributed by atoms with Gasteiger partial charge >= 0.3 is 8.56 Å². The van der Waals surface area contributed by atoms with Gasteiger partial charge in [0.25, 0.3) is 0 Å². The first-order valence-corrected chi connectivity index (χ1v) is 8.93. The fraction of sp³-hybridized carbons (Fsp3) is 0.857. The van der Waals surface area contributed by atoms with Gasteiger partial charge in [-0.1, -0.05) is 27.7 Å². The van der Waals surface area contributed by atoms with Gasteiger partial charge in [0.15, 0.2) is 0 Å². The van der Waals surface area contributed by atoms with Crippen LogP contribution in [0.5, 0.6) is 0 Å². The van der Waals surface area contributed by atoms with Crippen molar-refractivity contribution in [1.29, 1.82) is 0 Å². The van der Waals surface area contributed by atoms with E-state index in [-0.39, 0.29) is 6.10 Å². The van der Waals surface area contributed by atoms with Gasteiger partial charge in [-0.25, -0.2) is 0 Å². The van der Waals surface area contributed by atoms with Crippen LogP contribution < -0.4 is 0 Å². The molecule has 0 fully saturated rings. The zero-order valence-electron chi connectivity index (χ0n) is 12.7. The summed E-state index contributed by atoms with van der Waals surface area (Å²) < 4.78 is 11.9. The monoisotopic (exact) mass is 258 g/mol. The first-order valence-electron chi connectivity index (χ1n) is 6.53. The predicted octanol–water partition coefficient (Wildman–Crippen LogP) is 4.30. The standard InChI is InChI=1S/C14H30O2Si/c1-9-17(8,16-12(2)3)15-11-13(4)10-14(5,6)7/h9,12-13H,1,10-11H2,2-8H3. The van der Waals surface area contributed by atoms with Gasteiger partial charge in [0.2, 0.25) is 0 Å². The van der Waals surface area contributed by atoms with Crippen LogP contribution in [0.15, 0.2) is 12.3 Å². The minimum Gasteiger partial charge on any atom is -0.391 e. The lowest BCUT2D eigenvalue weighted by Gasteiger charge is -2.29. The van der Waals surface area contributed by atoms with E-state index in [0.717, 1.165) is 13.0 Å². The molecule has 17 heavy (non-hydrogen) atoms. The molecule has 0 radical (unpaired) electrons. The summed E-state index contributed by atoms with van der Waals surface area (Å²) in [6, 6.07) is 0. The minimum atomic E-state index is -2.16. The summed E-state index contributed by atoms with van der Waals surface area (Å²) in [4.78, 5) is 0. The Morgan fingerprint density at radius 2 is 1.76 bits per heavy atom. The van der Waals surface area contributed by atoms with Crippen molar-refractivity contribution in [3.63, 3.8) is 0 Å². The van der Waals surface area contributed by atoms with Gasteiger partial charge in [-0.15, -0.1) is 6.58 Å². The summed E-state index contributed by atoms with van der Waals surface area (Å²) in [6.07, 6.45) is 1.36. The maximum Gasteiger partial charge on any atom is 0.361 e. The van der Waals surface area contributed by atoms with Crippen LogP contribution in [0.1, 0.15) is 48.0 Å². The molecule has 2 unspecified atom stereocenters. The largest absolute Gasteiger partial charge is 0.391 e. The number of hydrogen-bond acceptors (Lipinski definition) is 2. The van der Waals surface area contributed by atoms with Crippen molar-refractivity contribution in [2.75, 3.05) is 6.61 Å². The molecule has 0 aromatic carbocycles. The van der Waals surface area contributed by atoms with Crippen LogP contribution >= 0.6 is 0 Å². The molecular weight excluding hydrogens is 228 g/mol. The van der Waals surface area contributed by atoms with Crippen molar-refractivity contribution in [2.24, 2.45) is 11.3 Å². The molecule has 0 aliphatic heterocycles. The van der Waals surface area contributed by atoms with Crippen molar-refractivity contribution < 1.29 is 8.85 Å². The number of hydrogen-bond donors (Lipinski definition) is 0. The Hall–Kier alpha value is -0.123. The van der Waals surface area contributed by atoms with Crippen molar-refractivity contribution in [3.8, 4) is 0 Å². The number of rotatable bonds is 7. The van der Waals surface area contributed by atoms with E-state index in [4.69, 9.17) is 8.85 Å². The van der Waals surface area contributed by atoms with Crippen molar-refractivity contribution in [3.05, 3.63) is 12.3 Å². The third-order valence-electron chi connectivity index (χ3n) is 2.46. The van der Waals surface area contributed by atoms with Gasteiger partial charge in [-0.05, 0) is 43.8 Å². The molecule has 102 valence electrons. The SMILES string of the molecule is C=C[Si](C)(OCC(C)CC(C)(C)C)OC(C)C. The Balaban J connectivity index is 4.19. The molecule has 3 heteroatoms. The first kappa shape index (κ1) is 16.9. The van der Waals surface area contributed by atoms with E-state index in [1.807, 2.05) is 19.5 Å². The van der Waals surface area contributed by atoms with E-state index in [9.17, 15) is 0 Å². The van der Waals surface area contributed by atoms with Crippen LogP contribution in [0.25, 0.3) is 0 Å². The molecule has 0 saturated carbocycles. The van der Waals surface area contributed by atoms with Gasteiger partial charge in [-0.2, -0.15) is 0 Å². The lowest BCUT2D eigenvalue weighted by molar-refractivity contribution is 0.121. The van der Waals surface area contributed by atoms with Crippen molar-refractivity contribution in [2.45, 2.75) is 60.6 Å². The summed E-state index contributed by atoms with van der Waals surface area (Å²) in [7, 11) is -2.16. The van der Waals surface area contributed by atoms with E-state index >= 15 is 0 Å². The van der Waals surface area contributed by atoms with Crippen LogP contribution in [-0.2, 0) is 8.85 Å². The van der Waals surface area contributed by atoms with E-state index in [2.05, 4.69) is 40.8 Å². The highest BCUT2D eigenvalue weighted by atomic mass is 28.4. The summed E-state index contributed by atoms with van der Waals surface area (Å²) in [6.45, 7) is 19.8. The van der Waals surface area contributed by atoms with Crippen LogP contribution in [0.4, 0.5) is 0 Å². The average molecular weight is 258 g/mol. The Morgan fingerprint density at radius 3 is 2.12 bits per heavy atom. The van der Waals surface area contributed by atoms with Crippen LogP contribution in [0, 0.1) is 11.3 Å². The third-order valence-corrected chi connectivity index (χ3v) is 4.88. The summed E-state index contributed by atoms with van der Waals surface area (Å²) in [5.74, 6) is 0.553. The second kappa shape index (κ2) is 6.71. The topological polar surface area (TPSA) is 18.5 Å². The van der Waals surface area contributed by atoms with Crippen molar-refractivity contribution >= 4 is 8.56 Å². The maximum absolute atomic E-state index is 6.00. The van der Waals surface area contributed by atoms with Gasteiger partial charge in [0.05, 0.1) is 0 Å². The maximum atomic E-state index is 6.00. The average Bonchev–Trinajstić information content (AvgIpc) is 2.11. The zero-order chi connectivity index (χ0) is 13.7. The van der Waals surface area contributed by atoms with E-state index < -0.39 is 8.56 Å². The van der Waals surface area contributed by atoms with Crippen molar-refractivity contribution in [1.82, 2.24) is 0 Å². The molecule has 0 saturated heterocycles. The quantitative estimate of drug-likeness (QED) is 0.634. The highest BCUT2D eigenvalue weighted by Crippen LogP contribution is 2.25. The fourth-order valence-electron chi connectivity index (χ4n) is 2.02. The van der Waals surface area contributed by atoms with Crippen LogP contribution in [0.3, 0.4) is 0 Å². The van der Waals surface area contributed by atoms with Gasteiger partial charge in [0, 0.05) is 12.7 Å². The Bertz CT molecular complexity index is 233. The van der Waals surface area contributed by atoms with Gasteiger partial charge in [0.1, 0.15) is 0 Å². The fourth-order valence-corrected chi connectivity index (χ4v) is 3.85. The minimum absolute atomic E-state index is 0.197. The second-order valence-electron chi connectivity index (χ2n) is 6.57. The zero-order valence-corrected chi connectivity index (χ0v) is 13.7. The van der Waals surface area contributed by atoms with Crippen LogP contribution in [0.2, 0.25) is 6.55 Å². The lowest BCUT2D eigenvalue weighted by atomic mass is 9.86.